The van der Waals surface area contributed by atoms with Gasteiger partial charge in [0, 0.05) is 35.3 Å². The predicted molar refractivity (Wildman–Crippen MR) is 124 cm³/mol. The zero-order chi connectivity index (χ0) is 23.3. The molecule has 5 nitrogen and oxygen atoms in total. The van der Waals surface area contributed by atoms with Crippen LogP contribution in [0.3, 0.4) is 0 Å². The number of phenols is 1. The van der Waals surface area contributed by atoms with Crippen LogP contribution >= 0.6 is 0 Å². The summed E-state index contributed by atoms with van der Waals surface area (Å²) in [6.45, 7) is 8.87. The number of fused-ring (bicyclic) bond motifs is 1. The average molecular weight is 441 g/mol. The van der Waals surface area contributed by atoms with Gasteiger partial charge in [-0.15, -0.1) is 10.2 Å². The minimum Gasteiger partial charge on any atom is -0.507 e. The topological polar surface area (TPSA) is 61.3 Å². The molecule has 1 saturated heterocycles. The van der Waals surface area contributed by atoms with Crippen LogP contribution in [-0.2, 0) is 0 Å². The molecule has 3 aromatic rings. The van der Waals surface area contributed by atoms with Crippen molar-refractivity contribution >= 4 is 16.6 Å². The highest BCUT2D eigenvalue weighted by Crippen LogP contribution is 2.35. The van der Waals surface area contributed by atoms with Crippen LogP contribution in [0.1, 0.15) is 52.5 Å². The lowest BCUT2D eigenvalue weighted by Gasteiger charge is -2.49. The van der Waals surface area contributed by atoms with Crippen molar-refractivity contribution in [3.63, 3.8) is 0 Å². The number of rotatable bonds is 4. The smallest absolute Gasteiger partial charge is 0.263 e. The quantitative estimate of drug-likeness (QED) is 0.546. The van der Waals surface area contributed by atoms with E-state index in [1.165, 1.54) is 18.2 Å². The van der Waals surface area contributed by atoms with E-state index in [0.717, 1.165) is 24.0 Å². The molecule has 0 unspecified atom stereocenters. The molecule has 4 rings (SSSR count). The molecular formula is C25H30F2N4O. The van der Waals surface area contributed by atoms with Gasteiger partial charge in [0.25, 0.3) is 6.43 Å². The number of alkyl halides is 2. The Balaban J connectivity index is 1.60. The van der Waals surface area contributed by atoms with E-state index in [0.29, 0.717) is 22.7 Å². The number of phenolic OH excluding ortho intramolecular Hbond substituents is 1. The number of hydrogen-bond donors (Lipinski definition) is 2. The van der Waals surface area contributed by atoms with E-state index in [1.807, 2.05) is 19.2 Å². The van der Waals surface area contributed by atoms with E-state index in [1.54, 1.807) is 12.1 Å². The van der Waals surface area contributed by atoms with Crippen molar-refractivity contribution in [1.82, 2.24) is 15.5 Å². The standard InChI is InChI=1S/C25H30F2N4O/c1-24(2)13-18(14-25(3,4)30-24)31(5)22-9-8-20(28-29-22)19-11-15-6-7-16(23(26)27)10-17(15)12-21(19)32/h6-12,18,23,30,32H,13-14H2,1-5H3. The Labute approximate surface area is 187 Å². The Morgan fingerprint density at radius 1 is 0.969 bits per heavy atom. The maximum absolute atomic E-state index is 13.0. The molecule has 0 spiro atoms. The first-order valence-electron chi connectivity index (χ1n) is 10.9. The average Bonchev–Trinajstić information content (AvgIpc) is 2.70. The molecule has 2 heterocycles. The summed E-state index contributed by atoms with van der Waals surface area (Å²) in [5, 5.41) is 24.3. The maximum atomic E-state index is 13.0. The van der Waals surface area contributed by atoms with Crippen LogP contribution in [0.2, 0.25) is 0 Å². The number of piperidine rings is 1. The van der Waals surface area contributed by atoms with Crippen molar-refractivity contribution in [1.29, 1.82) is 0 Å². The third kappa shape index (κ3) is 4.53. The van der Waals surface area contributed by atoms with Crippen molar-refractivity contribution in [2.24, 2.45) is 0 Å². The largest absolute Gasteiger partial charge is 0.507 e. The molecule has 2 aromatic carbocycles. The van der Waals surface area contributed by atoms with Gasteiger partial charge < -0.3 is 15.3 Å². The van der Waals surface area contributed by atoms with Gasteiger partial charge in [-0.3, -0.25) is 0 Å². The molecule has 0 saturated carbocycles. The number of halogens is 2. The fraction of sp³-hybridized carbons (Fsp3) is 0.440. The minimum atomic E-state index is -2.55. The number of benzene rings is 2. The molecule has 32 heavy (non-hydrogen) atoms. The predicted octanol–water partition coefficient (Wildman–Crippen LogP) is 5.69. The number of anilines is 1. The van der Waals surface area contributed by atoms with Crippen LogP contribution in [-0.4, -0.2) is 39.5 Å². The van der Waals surface area contributed by atoms with E-state index in [-0.39, 0.29) is 22.4 Å². The molecule has 1 aromatic heterocycles. The lowest BCUT2D eigenvalue weighted by atomic mass is 9.79. The Hall–Kier alpha value is -2.80. The second-order valence-electron chi connectivity index (χ2n) is 10.1. The molecule has 7 heteroatoms. The molecule has 2 N–H and O–H groups in total. The fourth-order valence-corrected chi connectivity index (χ4v) is 5.03. The minimum absolute atomic E-state index is 0.0128. The SMILES string of the molecule is CN(c1ccc(-c2cc3ccc(C(F)F)cc3cc2O)nn1)C1CC(C)(C)NC(C)(C)C1. The summed E-state index contributed by atoms with van der Waals surface area (Å²) in [6.07, 6.45) is -0.571. The number of aromatic hydroxyl groups is 1. The Kier molecular flexibility index (Phi) is 5.57. The third-order valence-corrected chi connectivity index (χ3v) is 6.23. The second kappa shape index (κ2) is 7.96. The van der Waals surface area contributed by atoms with E-state index in [9.17, 15) is 13.9 Å². The first-order chi connectivity index (χ1) is 14.9. The summed E-state index contributed by atoms with van der Waals surface area (Å²) in [5.41, 5.74) is 1.03. The highest BCUT2D eigenvalue weighted by molar-refractivity contribution is 5.90. The lowest BCUT2D eigenvalue weighted by Crippen LogP contribution is -2.62. The first-order valence-corrected chi connectivity index (χ1v) is 10.9. The summed E-state index contributed by atoms with van der Waals surface area (Å²) in [4.78, 5) is 2.17. The Bertz CT molecular complexity index is 1110. The van der Waals surface area contributed by atoms with Gasteiger partial charge in [0.05, 0.1) is 5.69 Å². The summed E-state index contributed by atoms with van der Waals surface area (Å²) in [7, 11) is 2.04. The van der Waals surface area contributed by atoms with Gasteiger partial charge in [0.15, 0.2) is 5.82 Å². The highest BCUT2D eigenvalue weighted by atomic mass is 19.3. The van der Waals surface area contributed by atoms with E-state index in [4.69, 9.17) is 0 Å². The van der Waals surface area contributed by atoms with Gasteiger partial charge in [-0.25, -0.2) is 8.78 Å². The van der Waals surface area contributed by atoms with Crippen LogP contribution in [0.4, 0.5) is 14.6 Å². The molecule has 1 aliphatic heterocycles. The molecule has 0 amide bonds. The number of nitrogens with zero attached hydrogens (tertiary/aromatic N) is 3. The summed E-state index contributed by atoms with van der Waals surface area (Å²) in [5.74, 6) is 0.760. The van der Waals surface area contributed by atoms with Gasteiger partial charge in [-0.05, 0) is 81.6 Å². The van der Waals surface area contributed by atoms with Crippen LogP contribution in [0, 0.1) is 0 Å². The van der Waals surface area contributed by atoms with Gasteiger partial charge in [0.1, 0.15) is 5.75 Å². The third-order valence-electron chi connectivity index (χ3n) is 6.23. The molecule has 0 bridgehead atoms. The highest BCUT2D eigenvalue weighted by Gasteiger charge is 2.39. The monoisotopic (exact) mass is 440 g/mol. The molecule has 1 fully saturated rings. The van der Waals surface area contributed by atoms with Crippen molar-refractivity contribution in [3.05, 3.63) is 48.0 Å². The van der Waals surface area contributed by atoms with Crippen LogP contribution in [0.5, 0.6) is 5.75 Å². The zero-order valence-electron chi connectivity index (χ0n) is 19.2. The maximum Gasteiger partial charge on any atom is 0.263 e. The Morgan fingerprint density at radius 3 is 2.25 bits per heavy atom. The summed E-state index contributed by atoms with van der Waals surface area (Å²) < 4.78 is 25.9. The van der Waals surface area contributed by atoms with Gasteiger partial charge in [0.2, 0.25) is 0 Å². The number of hydrogen-bond acceptors (Lipinski definition) is 5. The molecule has 170 valence electrons. The van der Waals surface area contributed by atoms with Crippen molar-refractivity contribution in [2.75, 3.05) is 11.9 Å². The van der Waals surface area contributed by atoms with Gasteiger partial charge in [-0.2, -0.15) is 0 Å². The zero-order valence-corrected chi connectivity index (χ0v) is 19.2. The fourth-order valence-electron chi connectivity index (χ4n) is 5.03. The molecule has 0 atom stereocenters. The number of nitrogens with one attached hydrogen (secondary N) is 1. The van der Waals surface area contributed by atoms with Gasteiger partial charge >= 0.3 is 0 Å². The molecule has 0 radical (unpaired) electrons. The molecular weight excluding hydrogens is 410 g/mol. The first kappa shape index (κ1) is 22.4. The Morgan fingerprint density at radius 2 is 1.66 bits per heavy atom. The normalized spacial score (nSPS) is 18.2. The van der Waals surface area contributed by atoms with Crippen LogP contribution < -0.4 is 10.2 Å². The molecule has 0 aliphatic carbocycles. The summed E-state index contributed by atoms with van der Waals surface area (Å²) in [6, 6.07) is 11.8. The van der Waals surface area contributed by atoms with Gasteiger partial charge in [-0.1, -0.05) is 12.1 Å². The number of aromatic nitrogens is 2. The van der Waals surface area contributed by atoms with E-state index >= 15 is 0 Å². The van der Waals surface area contributed by atoms with E-state index in [2.05, 4.69) is 48.1 Å². The molecule has 1 aliphatic rings. The van der Waals surface area contributed by atoms with Crippen LogP contribution in [0.15, 0.2) is 42.5 Å². The van der Waals surface area contributed by atoms with Crippen molar-refractivity contribution in [2.45, 2.75) is 64.1 Å². The summed E-state index contributed by atoms with van der Waals surface area (Å²) >= 11 is 0. The van der Waals surface area contributed by atoms with Crippen molar-refractivity contribution < 1.29 is 13.9 Å². The van der Waals surface area contributed by atoms with Crippen molar-refractivity contribution in [3.8, 4) is 17.0 Å². The van der Waals surface area contributed by atoms with Crippen LogP contribution in [0.25, 0.3) is 22.0 Å². The second-order valence-corrected chi connectivity index (χ2v) is 10.1. The van der Waals surface area contributed by atoms with E-state index < -0.39 is 6.43 Å². The lowest BCUT2D eigenvalue weighted by molar-refractivity contribution is 0.151.